The number of amides is 1. The van der Waals surface area contributed by atoms with Gasteiger partial charge in [0.1, 0.15) is 11.4 Å². The molecule has 0 aliphatic rings. The number of benzene rings is 1. The second-order valence-corrected chi connectivity index (χ2v) is 5.62. The normalized spacial score (nSPS) is 12.8. The highest BCUT2D eigenvalue weighted by Crippen LogP contribution is 2.27. The number of hydrogen-bond donors (Lipinski definition) is 3. The fourth-order valence-electron chi connectivity index (χ4n) is 2.41. The molecular weight excluding hydrogens is 306 g/mol. The lowest BCUT2D eigenvalue weighted by molar-refractivity contribution is -0.0487. The van der Waals surface area contributed by atoms with Gasteiger partial charge in [0.05, 0.1) is 0 Å². The number of H-pyrrole nitrogens is 1. The number of rotatable bonds is 7. The lowest BCUT2D eigenvalue weighted by Gasteiger charge is -2.21. The molecule has 1 aromatic carbocycles. The highest BCUT2D eigenvalue weighted by Gasteiger charge is 2.19. The standard InChI is InChI=1S/C16H20F2N2O3/c1-9(2)11(6-7-21)20-15(22)13-8-10-12(19-13)4-3-5-14(10)23-16(17)18/h3-5,8-9,11,16,19,21H,6-7H2,1-2H3,(H,20,22). The number of aromatic amines is 1. The number of carbonyl (C=O) groups excluding carboxylic acids is 1. The average Bonchev–Trinajstić information content (AvgIpc) is 2.91. The molecule has 7 heteroatoms. The Bertz CT molecular complexity index is 670. The van der Waals surface area contributed by atoms with E-state index < -0.39 is 6.61 Å². The molecule has 23 heavy (non-hydrogen) atoms. The Morgan fingerprint density at radius 2 is 2.13 bits per heavy atom. The number of fused-ring (bicyclic) bond motifs is 1. The minimum absolute atomic E-state index is 0.0172. The molecule has 1 amide bonds. The van der Waals surface area contributed by atoms with Crippen LogP contribution in [0.4, 0.5) is 8.78 Å². The zero-order valence-corrected chi connectivity index (χ0v) is 13.0. The van der Waals surface area contributed by atoms with Crippen LogP contribution in [0.15, 0.2) is 24.3 Å². The first-order valence-corrected chi connectivity index (χ1v) is 7.40. The molecule has 1 aromatic heterocycles. The minimum Gasteiger partial charge on any atom is -0.434 e. The molecular formula is C16H20F2N2O3. The Labute approximate surface area is 132 Å². The van der Waals surface area contributed by atoms with Crippen LogP contribution >= 0.6 is 0 Å². The Morgan fingerprint density at radius 1 is 1.39 bits per heavy atom. The van der Waals surface area contributed by atoms with E-state index >= 15 is 0 Å². The lowest BCUT2D eigenvalue weighted by Crippen LogP contribution is -2.39. The number of hydrogen-bond acceptors (Lipinski definition) is 3. The van der Waals surface area contributed by atoms with Gasteiger partial charge in [0.15, 0.2) is 0 Å². The fourth-order valence-corrected chi connectivity index (χ4v) is 2.41. The predicted molar refractivity (Wildman–Crippen MR) is 82.7 cm³/mol. The number of ether oxygens (including phenoxy) is 1. The van der Waals surface area contributed by atoms with Crippen LogP contribution in [0, 0.1) is 5.92 Å². The van der Waals surface area contributed by atoms with E-state index in [2.05, 4.69) is 15.0 Å². The summed E-state index contributed by atoms with van der Waals surface area (Å²) in [6, 6.07) is 5.99. The smallest absolute Gasteiger partial charge is 0.387 e. The van der Waals surface area contributed by atoms with Crippen molar-refractivity contribution in [3.8, 4) is 5.75 Å². The zero-order chi connectivity index (χ0) is 17.0. The monoisotopic (exact) mass is 326 g/mol. The van der Waals surface area contributed by atoms with E-state index in [9.17, 15) is 13.6 Å². The maximum atomic E-state index is 12.4. The van der Waals surface area contributed by atoms with Crippen LogP contribution in [0.1, 0.15) is 30.8 Å². The second kappa shape index (κ2) is 7.41. The number of alkyl halides is 2. The van der Waals surface area contributed by atoms with Gasteiger partial charge in [-0.05, 0) is 30.5 Å². The first kappa shape index (κ1) is 17.2. The Hall–Kier alpha value is -2.15. The maximum absolute atomic E-state index is 12.4. The number of aliphatic hydroxyl groups excluding tert-OH is 1. The Balaban J connectivity index is 2.24. The molecule has 0 aliphatic heterocycles. The van der Waals surface area contributed by atoms with Gasteiger partial charge in [-0.2, -0.15) is 8.78 Å². The SMILES string of the molecule is CC(C)C(CCO)NC(=O)c1cc2c(OC(F)F)cccc2[nH]1. The predicted octanol–water partition coefficient (Wildman–Crippen LogP) is 2.91. The van der Waals surface area contributed by atoms with Crippen molar-refractivity contribution in [3.63, 3.8) is 0 Å². The third-order valence-corrected chi connectivity index (χ3v) is 3.65. The van der Waals surface area contributed by atoms with Crippen molar-refractivity contribution >= 4 is 16.8 Å². The first-order valence-electron chi connectivity index (χ1n) is 7.40. The summed E-state index contributed by atoms with van der Waals surface area (Å²) >= 11 is 0. The molecule has 126 valence electrons. The molecule has 0 saturated heterocycles. The van der Waals surface area contributed by atoms with Crippen molar-refractivity contribution in [1.29, 1.82) is 0 Å². The topological polar surface area (TPSA) is 74.3 Å². The average molecular weight is 326 g/mol. The van der Waals surface area contributed by atoms with Crippen LogP contribution in [0.25, 0.3) is 10.9 Å². The summed E-state index contributed by atoms with van der Waals surface area (Å²) in [7, 11) is 0. The van der Waals surface area contributed by atoms with Crippen LogP contribution in [0.5, 0.6) is 5.75 Å². The summed E-state index contributed by atoms with van der Waals surface area (Å²) in [4.78, 5) is 15.2. The third-order valence-electron chi connectivity index (χ3n) is 3.65. The second-order valence-electron chi connectivity index (χ2n) is 5.62. The molecule has 3 N–H and O–H groups in total. The van der Waals surface area contributed by atoms with Gasteiger partial charge in [-0.15, -0.1) is 0 Å². The van der Waals surface area contributed by atoms with Crippen molar-refractivity contribution in [1.82, 2.24) is 10.3 Å². The van der Waals surface area contributed by atoms with Crippen molar-refractivity contribution in [2.45, 2.75) is 32.9 Å². The quantitative estimate of drug-likeness (QED) is 0.732. The summed E-state index contributed by atoms with van der Waals surface area (Å²) in [5.74, 6) is -0.173. The molecule has 0 saturated carbocycles. The van der Waals surface area contributed by atoms with Crippen molar-refractivity contribution in [3.05, 3.63) is 30.0 Å². The summed E-state index contributed by atoms with van der Waals surface area (Å²) in [6.07, 6.45) is 0.448. The molecule has 2 aromatic rings. The van der Waals surface area contributed by atoms with Gasteiger partial charge in [0, 0.05) is 23.6 Å². The minimum atomic E-state index is -2.93. The third kappa shape index (κ3) is 4.19. The molecule has 5 nitrogen and oxygen atoms in total. The van der Waals surface area contributed by atoms with Gasteiger partial charge in [0.2, 0.25) is 0 Å². The Kier molecular flexibility index (Phi) is 5.54. The van der Waals surface area contributed by atoms with Gasteiger partial charge in [-0.1, -0.05) is 19.9 Å². The van der Waals surface area contributed by atoms with Crippen molar-refractivity contribution in [2.75, 3.05) is 6.61 Å². The van der Waals surface area contributed by atoms with E-state index in [1.54, 1.807) is 12.1 Å². The van der Waals surface area contributed by atoms with Crippen molar-refractivity contribution < 1.29 is 23.4 Å². The summed E-state index contributed by atoms with van der Waals surface area (Å²) in [6.45, 7) is 0.936. The highest BCUT2D eigenvalue weighted by molar-refractivity contribution is 5.99. The van der Waals surface area contributed by atoms with Crippen LogP contribution in [0.3, 0.4) is 0 Å². The van der Waals surface area contributed by atoms with Crippen LogP contribution in [0.2, 0.25) is 0 Å². The van der Waals surface area contributed by atoms with E-state index in [-0.39, 0.29) is 35.9 Å². The van der Waals surface area contributed by atoms with Gasteiger partial charge < -0.3 is 20.1 Å². The lowest BCUT2D eigenvalue weighted by atomic mass is 10.0. The molecule has 0 spiro atoms. The summed E-state index contributed by atoms with van der Waals surface area (Å²) in [5, 5.41) is 12.3. The molecule has 1 atom stereocenters. The Morgan fingerprint density at radius 3 is 2.74 bits per heavy atom. The van der Waals surface area contributed by atoms with Gasteiger partial charge in [0.25, 0.3) is 5.91 Å². The number of aliphatic hydroxyl groups is 1. The molecule has 0 fully saturated rings. The highest BCUT2D eigenvalue weighted by atomic mass is 19.3. The number of halogens is 2. The molecule has 0 radical (unpaired) electrons. The molecule has 1 unspecified atom stereocenters. The fraction of sp³-hybridized carbons (Fsp3) is 0.438. The first-order chi connectivity index (χ1) is 10.9. The van der Waals surface area contributed by atoms with Gasteiger partial charge in [-0.25, -0.2) is 0 Å². The van der Waals surface area contributed by atoms with Crippen molar-refractivity contribution in [2.24, 2.45) is 5.92 Å². The van der Waals surface area contributed by atoms with E-state index in [0.29, 0.717) is 17.3 Å². The largest absolute Gasteiger partial charge is 0.434 e. The molecule has 2 rings (SSSR count). The molecule has 1 heterocycles. The van der Waals surface area contributed by atoms with Gasteiger partial charge >= 0.3 is 6.61 Å². The van der Waals surface area contributed by atoms with E-state index in [1.807, 2.05) is 13.8 Å². The van der Waals surface area contributed by atoms with E-state index in [1.165, 1.54) is 12.1 Å². The van der Waals surface area contributed by atoms with Crippen LogP contribution in [-0.2, 0) is 0 Å². The van der Waals surface area contributed by atoms with E-state index in [4.69, 9.17) is 5.11 Å². The maximum Gasteiger partial charge on any atom is 0.387 e. The summed E-state index contributed by atoms with van der Waals surface area (Å²) < 4.78 is 29.3. The zero-order valence-electron chi connectivity index (χ0n) is 13.0. The van der Waals surface area contributed by atoms with Crippen LogP contribution in [-0.4, -0.2) is 35.3 Å². The molecule has 0 aliphatic carbocycles. The van der Waals surface area contributed by atoms with E-state index in [0.717, 1.165) is 0 Å². The van der Waals surface area contributed by atoms with Gasteiger partial charge in [-0.3, -0.25) is 4.79 Å². The number of nitrogens with one attached hydrogen (secondary N) is 2. The number of aromatic nitrogens is 1. The number of carbonyl (C=O) groups is 1. The van der Waals surface area contributed by atoms with Crippen LogP contribution < -0.4 is 10.1 Å². The summed E-state index contributed by atoms with van der Waals surface area (Å²) in [5.41, 5.74) is 0.797. The molecule has 0 bridgehead atoms.